The molecule has 2 N–H and O–H groups in total. The van der Waals surface area contributed by atoms with Gasteiger partial charge in [-0.3, -0.25) is 0 Å². The Kier molecular flexibility index (Phi) is 6.03. The highest BCUT2D eigenvalue weighted by Gasteiger charge is 2.24. The van der Waals surface area contributed by atoms with Gasteiger partial charge in [0.15, 0.2) is 0 Å². The van der Waals surface area contributed by atoms with Crippen LogP contribution in [0.4, 0.5) is 0 Å². The summed E-state index contributed by atoms with van der Waals surface area (Å²) >= 11 is 0. The standard InChI is InChI=1S/C17H29NO2/c1-7-14(18-8-2)16(19)13-11-12(17(3,4)5)9-10-15(13)20-6/h9-11,14,16,18-19H,7-8H2,1-6H3. The zero-order valence-electron chi connectivity index (χ0n) is 13.7. The second-order valence-corrected chi connectivity index (χ2v) is 6.22. The summed E-state index contributed by atoms with van der Waals surface area (Å²) in [6, 6.07) is 6.15. The van der Waals surface area contributed by atoms with Crippen LogP contribution < -0.4 is 10.1 Å². The maximum Gasteiger partial charge on any atom is 0.124 e. The minimum absolute atomic E-state index is 0.0455. The normalized spacial score (nSPS) is 14.9. The lowest BCUT2D eigenvalue weighted by Gasteiger charge is -2.27. The molecule has 0 heterocycles. The van der Waals surface area contributed by atoms with Gasteiger partial charge in [0.05, 0.1) is 13.2 Å². The van der Waals surface area contributed by atoms with Gasteiger partial charge < -0.3 is 15.2 Å². The van der Waals surface area contributed by atoms with E-state index in [2.05, 4.69) is 52.1 Å². The molecule has 2 unspecified atom stereocenters. The molecule has 0 amide bonds. The van der Waals surface area contributed by atoms with Crippen LogP contribution in [-0.4, -0.2) is 24.8 Å². The monoisotopic (exact) mass is 279 g/mol. The van der Waals surface area contributed by atoms with E-state index in [0.29, 0.717) is 0 Å². The number of benzene rings is 1. The lowest BCUT2D eigenvalue weighted by Crippen LogP contribution is -2.34. The smallest absolute Gasteiger partial charge is 0.124 e. The van der Waals surface area contributed by atoms with Crippen molar-refractivity contribution in [2.45, 2.75) is 58.6 Å². The number of nitrogens with one attached hydrogen (secondary N) is 1. The molecule has 1 rings (SSSR count). The van der Waals surface area contributed by atoms with E-state index in [1.54, 1.807) is 7.11 Å². The van der Waals surface area contributed by atoms with Crippen molar-refractivity contribution in [3.63, 3.8) is 0 Å². The second kappa shape index (κ2) is 7.09. The molecule has 0 aromatic heterocycles. The maximum absolute atomic E-state index is 10.7. The molecule has 3 nitrogen and oxygen atoms in total. The fourth-order valence-electron chi connectivity index (χ4n) is 2.39. The molecule has 3 heteroatoms. The van der Waals surface area contributed by atoms with E-state index >= 15 is 0 Å². The zero-order valence-corrected chi connectivity index (χ0v) is 13.7. The Bertz CT molecular complexity index is 423. The number of rotatable bonds is 6. The molecule has 0 saturated heterocycles. The molecule has 1 aromatic rings. The van der Waals surface area contributed by atoms with Crippen molar-refractivity contribution in [2.24, 2.45) is 0 Å². The average Bonchev–Trinajstić information content (AvgIpc) is 2.42. The first-order valence-corrected chi connectivity index (χ1v) is 7.45. The van der Waals surface area contributed by atoms with E-state index in [1.807, 2.05) is 6.07 Å². The van der Waals surface area contributed by atoms with Crippen LogP contribution in [0.15, 0.2) is 18.2 Å². The van der Waals surface area contributed by atoms with Crippen molar-refractivity contribution in [2.75, 3.05) is 13.7 Å². The number of hydrogen-bond acceptors (Lipinski definition) is 3. The molecule has 0 saturated carbocycles. The topological polar surface area (TPSA) is 41.5 Å². The average molecular weight is 279 g/mol. The Labute approximate surface area is 123 Å². The van der Waals surface area contributed by atoms with E-state index < -0.39 is 6.10 Å². The lowest BCUT2D eigenvalue weighted by atomic mass is 9.84. The molecule has 0 radical (unpaired) electrons. The van der Waals surface area contributed by atoms with E-state index in [4.69, 9.17) is 4.74 Å². The number of aliphatic hydroxyl groups is 1. The van der Waals surface area contributed by atoms with Crippen molar-refractivity contribution in [3.05, 3.63) is 29.3 Å². The van der Waals surface area contributed by atoms with Gasteiger partial charge in [-0.15, -0.1) is 0 Å². The largest absolute Gasteiger partial charge is 0.496 e. The predicted octanol–water partition coefficient (Wildman–Crippen LogP) is 3.41. The number of hydrogen-bond donors (Lipinski definition) is 2. The minimum Gasteiger partial charge on any atom is -0.496 e. The van der Waals surface area contributed by atoms with Gasteiger partial charge in [-0.05, 0) is 36.1 Å². The van der Waals surface area contributed by atoms with Gasteiger partial charge in [0.2, 0.25) is 0 Å². The molecule has 1 aromatic carbocycles. The van der Waals surface area contributed by atoms with Crippen LogP contribution in [0.1, 0.15) is 58.3 Å². The molecule has 20 heavy (non-hydrogen) atoms. The maximum atomic E-state index is 10.7. The molecular formula is C17H29NO2. The van der Waals surface area contributed by atoms with Gasteiger partial charge in [-0.25, -0.2) is 0 Å². The summed E-state index contributed by atoms with van der Waals surface area (Å²) in [6.07, 6.45) is 0.315. The summed E-state index contributed by atoms with van der Waals surface area (Å²) in [5, 5.41) is 14.0. The number of aliphatic hydroxyl groups excluding tert-OH is 1. The molecule has 0 bridgehead atoms. The molecule has 114 valence electrons. The molecule has 0 aliphatic rings. The van der Waals surface area contributed by atoms with Gasteiger partial charge in [0, 0.05) is 11.6 Å². The van der Waals surface area contributed by atoms with Crippen LogP contribution in [-0.2, 0) is 5.41 Å². The first-order chi connectivity index (χ1) is 9.35. The predicted molar refractivity (Wildman–Crippen MR) is 84.4 cm³/mol. The fourth-order valence-corrected chi connectivity index (χ4v) is 2.39. The van der Waals surface area contributed by atoms with Crippen LogP contribution in [0.25, 0.3) is 0 Å². The highest BCUT2D eigenvalue weighted by atomic mass is 16.5. The van der Waals surface area contributed by atoms with Crippen LogP contribution >= 0.6 is 0 Å². The third-order valence-electron chi connectivity index (χ3n) is 3.70. The van der Waals surface area contributed by atoms with Crippen molar-refractivity contribution >= 4 is 0 Å². The van der Waals surface area contributed by atoms with Crippen LogP contribution in [0.5, 0.6) is 5.75 Å². The Morgan fingerprint density at radius 2 is 1.90 bits per heavy atom. The summed E-state index contributed by atoms with van der Waals surface area (Å²) in [5.74, 6) is 0.752. The van der Waals surface area contributed by atoms with E-state index in [9.17, 15) is 5.11 Å². The lowest BCUT2D eigenvalue weighted by molar-refractivity contribution is 0.124. The molecule has 0 aliphatic carbocycles. The van der Waals surface area contributed by atoms with Gasteiger partial charge in [-0.1, -0.05) is 40.7 Å². The van der Waals surface area contributed by atoms with Crippen molar-refractivity contribution < 1.29 is 9.84 Å². The summed E-state index contributed by atoms with van der Waals surface area (Å²) in [7, 11) is 1.65. The van der Waals surface area contributed by atoms with E-state index in [1.165, 1.54) is 5.56 Å². The second-order valence-electron chi connectivity index (χ2n) is 6.22. The molecule has 0 spiro atoms. The van der Waals surface area contributed by atoms with Gasteiger partial charge in [0.25, 0.3) is 0 Å². The Balaban J connectivity index is 3.19. The molecular weight excluding hydrogens is 250 g/mol. The quantitative estimate of drug-likeness (QED) is 0.838. The summed E-state index contributed by atoms with van der Waals surface area (Å²) in [5.41, 5.74) is 2.13. The van der Waals surface area contributed by atoms with Gasteiger partial charge in [-0.2, -0.15) is 0 Å². The first-order valence-electron chi connectivity index (χ1n) is 7.45. The minimum atomic E-state index is -0.558. The van der Waals surface area contributed by atoms with Crippen molar-refractivity contribution in [1.29, 1.82) is 0 Å². The third kappa shape index (κ3) is 3.97. The highest BCUT2D eigenvalue weighted by Crippen LogP contribution is 2.33. The van der Waals surface area contributed by atoms with Crippen molar-refractivity contribution in [3.8, 4) is 5.75 Å². The molecule has 0 fully saturated rings. The molecule has 0 aliphatic heterocycles. The Morgan fingerprint density at radius 3 is 2.35 bits per heavy atom. The Morgan fingerprint density at radius 1 is 1.25 bits per heavy atom. The summed E-state index contributed by atoms with van der Waals surface area (Å²) in [6.45, 7) is 11.5. The van der Waals surface area contributed by atoms with Gasteiger partial charge in [0.1, 0.15) is 5.75 Å². The van der Waals surface area contributed by atoms with Crippen molar-refractivity contribution in [1.82, 2.24) is 5.32 Å². The third-order valence-corrected chi connectivity index (χ3v) is 3.70. The van der Waals surface area contributed by atoms with E-state index in [-0.39, 0.29) is 11.5 Å². The number of ether oxygens (including phenoxy) is 1. The Hall–Kier alpha value is -1.06. The zero-order chi connectivity index (χ0) is 15.3. The van der Waals surface area contributed by atoms with Crippen LogP contribution in [0.2, 0.25) is 0 Å². The van der Waals surface area contributed by atoms with Crippen LogP contribution in [0, 0.1) is 0 Å². The fraction of sp³-hybridized carbons (Fsp3) is 0.647. The molecule has 2 atom stereocenters. The number of likely N-dealkylation sites (N-methyl/N-ethyl adjacent to an activating group) is 1. The summed E-state index contributed by atoms with van der Waals surface area (Å²) < 4.78 is 5.42. The van der Waals surface area contributed by atoms with Crippen LogP contribution in [0.3, 0.4) is 0 Å². The first kappa shape index (κ1) is 17.0. The highest BCUT2D eigenvalue weighted by molar-refractivity contribution is 5.41. The van der Waals surface area contributed by atoms with E-state index in [0.717, 1.165) is 24.3 Å². The summed E-state index contributed by atoms with van der Waals surface area (Å²) in [4.78, 5) is 0. The van der Waals surface area contributed by atoms with Gasteiger partial charge >= 0.3 is 0 Å². The number of methoxy groups -OCH3 is 1. The SMILES string of the molecule is CCNC(CC)C(O)c1cc(C(C)(C)C)ccc1OC.